The zero-order valence-electron chi connectivity index (χ0n) is 11.5. The molecule has 0 aromatic heterocycles. The third kappa shape index (κ3) is 3.35. The summed E-state index contributed by atoms with van der Waals surface area (Å²) in [5, 5.41) is 37.3. The summed E-state index contributed by atoms with van der Waals surface area (Å²) < 4.78 is 0. The van der Waals surface area contributed by atoms with Gasteiger partial charge in [-0.15, -0.1) is 0 Å². The van der Waals surface area contributed by atoms with Gasteiger partial charge in [0.15, 0.2) is 5.78 Å². The third-order valence-electron chi connectivity index (χ3n) is 3.18. The fourth-order valence-electron chi connectivity index (χ4n) is 2.04. The number of ketones is 1. The van der Waals surface area contributed by atoms with Crippen molar-refractivity contribution in [1.29, 1.82) is 0 Å². The van der Waals surface area contributed by atoms with Crippen LogP contribution in [0, 0.1) is 0 Å². The van der Waals surface area contributed by atoms with E-state index in [2.05, 4.69) is 0 Å². The van der Waals surface area contributed by atoms with Crippen LogP contribution in [0.2, 0.25) is 0 Å². The van der Waals surface area contributed by atoms with Crippen LogP contribution in [0.25, 0.3) is 0 Å². The molecule has 0 spiro atoms. The molecular formula is C16H14O6. The average molecular weight is 302 g/mol. The largest absolute Gasteiger partial charge is 0.508 e. The molecule has 0 bridgehead atoms. The second-order valence-corrected chi connectivity index (χ2v) is 4.77. The first-order chi connectivity index (χ1) is 10.4. The van der Waals surface area contributed by atoms with Gasteiger partial charge in [0, 0.05) is 18.1 Å². The number of carbonyl (C=O) groups excluding carboxylic acids is 1. The second kappa shape index (κ2) is 6.17. The van der Waals surface area contributed by atoms with Gasteiger partial charge in [-0.25, -0.2) is 0 Å². The highest BCUT2D eigenvalue weighted by atomic mass is 16.4. The van der Waals surface area contributed by atoms with Gasteiger partial charge in [0.2, 0.25) is 0 Å². The van der Waals surface area contributed by atoms with Crippen LogP contribution < -0.4 is 0 Å². The first kappa shape index (κ1) is 15.4. The van der Waals surface area contributed by atoms with Gasteiger partial charge in [-0.1, -0.05) is 0 Å². The van der Waals surface area contributed by atoms with E-state index in [1.54, 1.807) is 0 Å². The molecule has 0 fully saturated rings. The Hall–Kier alpha value is -3.02. The zero-order valence-corrected chi connectivity index (χ0v) is 11.5. The van der Waals surface area contributed by atoms with Gasteiger partial charge in [-0.3, -0.25) is 9.59 Å². The number of phenolic OH excluding ortho intramolecular Hbond substituents is 3. The molecule has 2 rings (SSSR count). The fourth-order valence-corrected chi connectivity index (χ4v) is 2.04. The minimum Gasteiger partial charge on any atom is -0.508 e. The number of carboxylic acids is 1. The van der Waals surface area contributed by atoms with Gasteiger partial charge in [-0.2, -0.15) is 0 Å². The monoisotopic (exact) mass is 302 g/mol. The molecule has 22 heavy (non-hydrogen) atoms. The van der Waals surface area contributed by atoms with E-state index in [1.165, 1.54) is 30.3 Å². The number of carbonyl (C=O) groups is 2. The number of phenols is 3. The molecule has 0 unspecified atom stereocenters. The molecular weight excluding hydrogens is 288 g/mol. The summed E-state index contributed by atoms with van der Waals surface area (Å²) in [6.45, 7) is 0. The van der Waals surface area contributed by atoms with Gasteiger partial charge in [0.25, 0.3) is 0 Å². The van der Waals surface area contributed by atoms with Gasteiger partial charge >= 0.3 is 5.97 Å². The number of hydrogen-bond acceptors (Lipinski definition) is 5. The van der Waals surface area contributed by atoms with Crippen LogP contribution in [-0.2, 0) is 11.2 Å². The number of benzene rings is 2. The van der Waals surface area contributed by atoms with Crippen molar-refractivity contribution in [2.45, 2.75) is 12.8 Å². The van der Waals surface area contributed by atoms with E-state index in [9.17, 15) is 24.9 Å². The van der Waals surface area contributed by atoms with E-state index in [1.807, 2.05) is 0 Å². The van der Waals surface area contributed by atoms with E-state index in [4.69, 9.17) is 5.11 Å². The van der Waals surface area contributed by atoms with E-state index < -0.39 is 11.8 Å². The molecule has 6 nitrogen and oxygen atoms in total. The Balaban J connectivity index is 2.33. The molecule has 0 aliphatic carbocycles. The highest BCUT2D eigenvalue weighted by Crippen LogP contribution is 2.27. The van der Waals surface area contributed by atoms with Crippen molar-refractivity contribution in [3.05, 3.63) is 53.1 Å². The maximum atomic E-state index is 12.3. The standard InChI is InChI=1S/C16H14O6/c17-11-3-4-12(14(19)8-11)16(22)10-1-5-13(18)9(7-10)2-6-15(20)21/h1,3-5,7-8,17-19H,2,6H2,(H,20,21). The van der Waals surface area contributed by atoms with E-state index in [0.29, 0.717) is 5.56 Å². The lowest BCUT2D eigenvalue weighted by atomic mass is 9.98. The van der Waals surface area contributed by atoms with Crippen molar-refractivity contribution >= 4 is 11.8 Å². The number of hydrogen-bond donors (Lipinski definition) is 4. The molecule has 0 amide bonds. The van der Waals surface area contributed by atoms with E-state index in [0.717, 1.165) is 6.07 Å². The Labute approximate surface area is 125 Å². The number of rotatable bonds is 5. The van der Waals surface area contributed by atoms with Crippen LogP contribution in [-0.4, -0.2) is 32.2 Å². The normalized spacial score (nSPS) is 10.4. The number of carboxylic acid groups (broad SMARTS) is 1. The van der Waals surface area contributed by atoms with Crippen molar-refractivity contribution in [3.8, 4) is 17.2 Å². The molecule has 0 aliphatic heterocycles. The minimum absolute atomic E-state index is 0.00711. The Kier molecular flexibility index (Phi) is 4.31. The van der Waals surface area contributed by atoms with Crippen LogP contribution in [0.1, 0.15) is 27.9 Å². The lowest BCUT2D eigenvalue weighted by Gasteiger charge is -2.08. The maximum absolute atomic E-state index is 12.3. The molecule has 0 saturated heterocycles. The summed E-state index contributed by atoms with van der Waals surface area (Å²) in [5.74, 6) is -2.11. The number of aromatic hydroxyl groups is 3. The van der Waals surface area contributed by atoms with E-state index >= 15 is 0 Å². The molecule has 0 saturated carbocycles. The van der Waals surface area contributed by atoms with Crippen LogP contribution >= 0.6 is 0 Å². The lowest BCUT2D eigenvalue weighted by molar-refractivity contribution is -0.136. The summed E-state index contributed by atoms with van der Waals surface area (Å²) in [5.41, 5.74) is 0.554. The SMILES string of the molecule is O=C(O)CCc1cc(C(=O)c2ccc(O)cc2O)ccc1O. The smallest absolute Gasteiger partial charge is 0.303 e. The maximum Gasteiger partial charge on any atom is 0.303 e. The van der Waals surface area contributed by atoms with Gasteiger partial charge < -0.3 is 20.4 Å². The molecule has 6 heteroatoms. The van der Waals surface area contributed by atoms with Crippen molar-refractivity contribution in [2.24, 2.45) is 0 Å². The highest BCUT2D eigenvalue weighted by Gasteiger charge is 2.16. The van der Waals surface area contributed by atoms with Crippen LogP contribution in [0.4, 0.5) is 0 Å². The van der Waals surface area contributed by atoms with Crippen molar-refractivity contribution in [2.75, 3.05) is 0 Å². The summed E-state index contributed by atoms with van der Waals surface area (Å²) in [7, 11) is 0. The van der Waals surface area contributed by atoms with Gasteiger partial charge in [0.1, 0.15) is 17.2 Å². The van der Waals surface area contributed by atoms with Gasteiger partial charge in [0.05, 0.1) is 5.56 Å². The average Bonchev–Trinajstić information content (AvgIpc) is 2.45. The van der Waals surface area contributed by atoms with E-state index in [-0.39, 0.29) is 41.2 Å². The van der Waals surface area contributed by atoms with Crippen LogP contribution in [0.3, 0.4) is 0 Å². The summed E-state index contributed by atoms with van der Waals surface area (Å²) in [4.78, 5) is 22.9. The quantitative estimate of drug-likeness (QED) is 0.628. The van der Waals surface area contributed by atoms with Crippen molar-refractivity contribution < 1.29 is 30.0 Å². The highest BCUT2D eigenvalue weighted by molar-refractivity contribution is 6.10. The first-order valence-corrected chi connectivity index (χ1v) is 6.49. The predicted octanol–water partition coefficient (Wildman–Crippen LogP) is 2.05. The van der Waals surface area contributed by atoms with Crippen molar-refractivity contribution in [1.82, 2.24) is 0 Å². The third-order valence-corrected chi connectivity index (χ3v) is 3.18. The topological polar surface area (TPSA) is 115 Å². The van der Waals surface area contributed by atoms with Crippen LogP contribution in [0.15, 0.2) is 36.4 Å². The number of aryl methyl sites for hydroxylation is 1. The molecule has 0 radical (unpaired) electrons. The van der Waals surface area contributed by atoms with Gasteiger partial charge in [-0.05, 0) is 42.3 Å². The second-order valence-electron chi connectivity index (χ2n) is 4.77. The summed E-state index contributed by atoms with van der Waals surface area (Å²) in [6.07, 6.45) is -0.0838. The summed E-state index contributed by atoms with van der Waals surface area (Å²) in [6, 6.07) is 7.71. The molecule has 0 atom stereocenters. The Bertz CT molecular complexity index is 735. The molecule has 2 aromatic carbocycles. The molecule has 114 valence electrons. The minimum atomic E-state index is -1.01. The predicted molar refractivity (Wildman–Crippen MR) is 77.3 cm³/mol. The fraction of sp³-hybridized carbons (Fsp3) is 0.125. The Morgan fingerprint density at radius 1 is 0.909 bits per heavy atom. The Morgan fingerprint density at radius 2 is 1.64 bits per heavy atom. The molecule has 0 aliphatic rings. The molecule has 4 N–H and O–H groups in total. The summed E-state index contributed by atoms with van der Waals surface area (Å²) >= 11 is 0. The number of aliphatic carboxylic acids is 1. The van der Waals surface area contributed by atoms with Crippen molar-refractivity contribution in [3.63, 3.8) is 0 Å². The zero-order chi connectivity index (χ0) is 16.3. The lowest BCUT2D eigenvalue weighted by Crippen LogP contribution is -2.04. The molecule has 2 aromatic rings. The van der Waals surface area contributed by atoms with Crippen LogP contribution in [0.5, 0.6) is 17.2 Å². The molecule has 0 heterocycles. The first-order valence-electron chi connectivity index (χ1n) is 6.49. The Morgan fingerprint density at radius 3 is 2.27 bits per heavy atom.